The van der Waals surface area contributed by atoms with E-state index in [0.29, 0.717) is 10.0 Å². The number of benzene rings is 2. The zero-order chi connectivity index (χ0) is 14.5. The van der Waals surface area contributed by atoms with Crippen molar-refractivity contribution in [3.8, 4) is 5.75 Å². The number of phenols is 1. The molecule has 0 aromatic heterocycles. The summed E-state index contributed by atoms with van der Waals surface area (Å²) in [4.78, 5) is 0. The second-order valence-corrected chi connectivity index (χ2v) is 5.54. The Balaban J connectivity index is 1.93. The molecule has 20 heavy (non-hydrogen) atoms. The van der Waals surface area contributed by atoms with E-state index in [1.165, 1.54) is 0 Å². The topological polar surface area (TPSA) is 32.3 Å². The Kier molecular flexibility index (Phi) is 5.30. The zero-order valence-corrected chi connectivity index (χ0v) is 12.7. The van der Waals surface area contributed by atoms with Crippen molar-refractivity contribution in [2.45, 2.75) is 19.4 Å². The van der Waals surface area contributed by atoms with Crippen LogP contribution in [0, 0.1) is 0 Å². The maximum Gasteiger partial charge on any atom is 0.115 e. The summed E-state index contributed by atoms with van der Waals surface area (Å²) >= 11 is 12.3. The van der Waals surface area contributed by atoms with E-state index in [1.807, 2.05) is 30.3 Å². The van der Waals surface area contributed by atoms with Crippen LogP contribution in [0.4, 0.5) is 0 Å². The molecular weight excluding hydrogens is 293 g/mol. The summed E-state index contributed by atoms with van der Waals surface area (Å²) in [6, 6.07) is 13.0. The van der Waals surface area contributed by atoms with Gasteiger partial charge in [-0.1, -0.05) is 41.4 Å². The van der Waals surface area contributed by atoms with Crippen LogP contribution >= 0.6 is 23.2 Å². The van der Waals surface area contributed by atoms with E-state index < -0.39 is 0 Å². The van der Waals surface area contributed by atoms with Gasteiger partial charge < -0.3 is 10.4 Å². The fourth-order valence-electron chi connectivity index (χ4n) is 2.10. The van der Waals surface area contributed by atoms with Crippen LogP contribution in [0.2, 0.25) is 10.0 Å². The molecule has 0 saturated carbocycles. The van der Waals surface area contributed by atoms with Gasteiger partial charge in [0.25, 0.3) is 0 Å². The number of hydrogen-bond acceptors (Lipinski definition) is 2. The van der Waals surface area contributed by atoms with E-state index in [4.69, 9.17) is 23.2 Å². The van der Waals surface area contributed by atoms with Crippen molar-refractivity contribution in [3.63, 3.8) is 0 Å². The summed E-state index contributed by atoms with van der Waals surface area (Å²) < 4.78 is 0. The molecule has 0 heterocycles. The molecule has 2 N–H and O–H groups in total. The molecule has 0 radical (unpaired) electrons. The maximum atomic E-state index is 9.48. The minimum atomic E-state index is 0.156. The Morgan fingerprint density at radius 1 is 1.10 bits per heavy atom. The van der Waals surface area contributed by atoms with Crippen molar-refractivity contribution in [1.82, 2.24) is 5.32 Å². The predicted octanol–water partition coefficient (Wildman–Crippen LogP) is 4.59. The van der Waals surface area contributed by atoms with Crippen LogP contribution in [-0.2, 0) is 6.42 Å². The highest BCUT2D eigenvalue weighted by molar-refractivity contribution is 6.35. The van der Waals surface area contributed by atoms with Gasteiger partial charge in [0, 0.05) is 16.1 Å². The third kappa shape index (κ3) is 3.89. The van der Waals surface area contributed by atoms with Gasteiger partial charge in [-0.05, 0) is 55.3 Å². The van der Waals surface area contributed by atoms with E-state index in [2.05, 4.69) is 12.2 Å². The third-order valence-electron chi connectivity index (χ3n) is 3.26. The Morgan fingerprint density at radius 3 is 2.40 bits per heavy atom. The molecule has 1 unspecified atom stereocenters. The number of aromatic hydroxyl groups is 1. The molecule has 0 saturated heterocycles. The van der Waals surface area contributed by atoms with Gasteiger partial charge in [-0.15, -0.1) is 0 Å². The number of hydrogen-bond donors (Lipinski definition) is 2. The second-order valence-electron chi connectivity index (χ2n) is 4.72. The molecule has 2 rings (SSSR count). The molecule has 0 bridgehead atoms. The van der Waals surface area contributed by atoms with Crippen LogP contribution in [0.1, 0.15) is 24.1 Å². The first-order chi connectivity index (χ1) is 9.58. The summed E-state index contributed by atoms with van der Waals surface area (Å²) in [6.45, 7) is 2.82. The first kappa shape index (κ1) is 15.2. The summed E-state index contributed by atoms with van der Waals surface area (Å²) in [6.07, 6.45) is 0.766. The minimum absolute atomic E-state index is 0.156. The molecule has 0 amide bonds. The van der Waals surface area contributed by atoms with Crippen molar-refractivity contribution >= 4 is 23.2 Å². The van der Waals surface area contributed by atoms with Crippen LogP contribution in [0.25, 0.3) is 0 Å². The second kappa shape index (κ2) is 6.98. The average molecular weight is 310 g/mol. The highest BCUT2D eigenvalue weighted by atomic mass is 35.5. The largest absolute Gasteiger partial charge is 0.508 e. The molecule has 2 aromatic carbocycles. The minimum Gasteiger partial charge on any atom is -0.508 e. The quantitative estimate of drug-likeness (QED) is 0.846. The summed E-state index contributed by atoms with van der Waals surface area (Å²) in [5.74, 6) is 0.283. The monoisotopic (exact) mass is 309 g/mol. The van der Waals surface area contributed by atoms with Gasteiger partial charge in [-0.2, -0.15) is 0 Å². The van der Waals surface area contributed by atoms with Crippen molar-refractivity contribution in [2.75, 3.05) is 6.54 Å². The molecular formula is C16H17Cl2NO. The maximum absolute atomic E-state index is 9.48. The standard InChI is InChI=1S/C16H17Cl2NO/c1-11(12-4-2-5-13(20)10-12)19-9-8-14-15(17)6-3-7-16(14)18/h2-7,10-11,19-20H,8-9H2,1H3. The fraction of sp³-hybridized carbons (Fsp3) is 0.250. The van der Waals surface area contributed by atoms with Crippen molar-refractivity contribution in [2.24, 2.45) is 0 Å². The normalized spacial score (nSPS) is 12.3. The lowest BCUT2D eigenvalue weighted by Crippen LogP contribution is -2.21. The predicted molar refractivity (Wildman–Crippen MR) is 84.7 cm³/mol. The van der Waals surface area contributed by atoms with Crippen molar-refractivity contribution in [3.05, 3.63) is 63.6 Å². The van der Waals surface area contributed by atoms with E-state index >= 15 is 0 Å². The molecule has 0 aliphatic heterocycles. The molecule has 1 atom stereocenters. The Hall–Kier alpha value is -1.22. The van der Waals surface area contributed by atoms with E-state index in [0.717, 1.165) is 24.1 Å². The van der Waals surface area contributed by atoms with E-state index in [9.17, 15) is 5.11 Å². The van der Waals surface area contributed by atoms with Crippen LogP contribution in [-0.4, -0.2) is 11.7 Å². The van der Waals surface area contributed by atoms with Gasteiger partial charge in [-0.3, -0.25) is 0 Å². The van der Waals surface area contributed by atoms with Gasteiger partial charge >= 0.3 is 0 Å². The molecule has 0 fully saturated rings. The lowest BCUT2D eigenvalue weighted by atomic mass is 10.1. The molecule has 2 nitrogen and oxygen atoms in total. The number of rotatable bonds is 5. The summed E-state index contributed by atoms with van der Waals surface area (Å²) in [5, 5.41) is 14.3. The highest BCUT2D eigenvalue weighted by Crippen LogP contribution is 2.24. The van der Waals surface area contributed by atoms with Gasteiger partial charge in [0.1, 0.15) is 5.75 Å². The lowest BCUT2D eigenvalue weighted by Gasteiger charge is -2.15. The van der Waals surface area contributed by atoms with Gasteiger partial charge in [0.2, 0.25) is 0 Å². The Morgan fingerprint density at radius 2 is 1.75 bits per heavy atom. The van der Waals surface area contributed by atoms with Crippen LogP contribution in [0.3, 0.4) is 0 Å². The van der Waals surface area contributed by atoms with E-state index in [-0.39, 0.29) is 11.8 Å². The van der Waals surface area contributed by atoms with Crippen LogP contribution < -0.4 is 5.32 Å². The van der Waals surface area contributed by atoms with Crippen molar-refractivity contribution in [1.29, 1.82) is 0 Å². The number of phenolic OH excluding ortho intramolecular Hbond substituents is 1. The summed E-state index contributed by atoms with van der Waals surface area (Å²) in [7, 11) is 0. The van der Waals surface area contributed by atoms with Gasteiger partial charge in [0.15, 0.2) is 0 Å². The summed E-state index contributed by atoms with van der Waals surface area (Å²) in [5.41, 5.74) is 2.02. The molecule has 4 heteroatoms. The SMILES string of the molecule is CC(NCCc1c(Cl)cccc1Cl)c1cccc(O)c1. The molecule has 0 spiro atoms. The zero-order valence-electron chi connectivity index (χ0n) is 11.2. The first-order valence-corrected chi connectivity index (χ1v) is 7.28. The molecule has 2 aromatic rings. The van der Waals surface area contributed by atoms with Gasteiger partial charge in [0.05, 0.1) is 0 Å². The number of nitrogens with one attached hydrogen (secondary N) is 1. The first-order valence-electron chi connectivity index (χ1n) is 6.53. The smallest absolute Gasteiger partial charge is 0.115 e. The Bertz CT molecular complexity index is 566. The molecule has 0 aliphatic rings. The van der Waals surface area contributed by atoms with Crippen LogP contribution in [0.5, 0.6) is 5.75 Å². The van der Waals surface area contributed by atoms with E-state index in [1.54, 1.807) is 12.1 Å². The average Bonchev–Trinajstić information content (AvgIpc) is 2.42. The third-order valence-corrected chi connectivity index (χ3v) is 3.97. The van der Waals surface area contributed by atoms with Gasteiger partial charge in [-0.25, -0.2) is 0 Å². The van der Waals surface area contributed by atoms with Crippen molar-refractivity contribution < 1.29 is 5.11 Å². The number of halogens is 2. The lowest BCUT2D eigenvalue weighted by molar-refractivity contribution is 0.472. The van der Waals surface area contributed by atoms with Crippen LogP contribution in [0.15, 0.2) is 42.5 Å². The highest BCUT2D eigenvalue weighted by Gasteiger charge is 2.08. The Labute approximate surface area is 129 Å². The molecule has 106 valence electrons. The molecule has 0 aliphatic carbocycles. The fourth-order valence-corrected chi connectivity index (χ4v) is 2.68.